The topological polar surface area (TPSA) is 34.1 Å². The van der Waals surface area contributed by atoms with E-state index in [0.717, 1.165) is 6.42 Å². The Kier molecular flexibility index (Phi) is 2.52. The molecule has 14 heavy (non-hydrogen) atoms. The Labute approximate surface area is 89.4 Å². The Hall–Kier alpha value is -0.220. The van der Waals surface area contributed by atoms with Crippen molar-refractivity contribution >= 4 is 21.6 Å². The standard InChI is InChI=1S/C10H14O2S2/c1-3-8-7-5-6-14(11,12)10(7)9(4-2)13-8/h3-4,7-10H,1-2,5-6H2. The molecule has 0 amide bonds. The van der Waals surface area contributed by atoms with Crippen molar-refractivity contribution in [2.45, 2.75) is 22.2 Å². The lowest BCUT2D eigenvalue weighted by atomic mass is 9.96. The molecule has 2 saturated heterocycles. The molecule has 4 heteroatoms. The van der Waals surface area contributed by atoms with Crippen molar-refractivity contribution in [3.63, 3.8) is 0 Å². The molecule has 2 fully saturated rings. The summed E-state index contributed by atoms with van der Waals surface area (Å²) in [5.41, 5.74) is 0. The van der Waals surface area contributed by atoms with Crippen LogP contribution in [0.25, 0.3) is 0 Å². The first kappa shape index (κ1) is 10.3. The van der Waals surface area contributed by atoms with Crippen LogP contribution < -0.4 is 0 Å². The molecule has 0 aliphatic carbocycles. The molecule has 2 nitrogen and oxygen atoms in total. The van der Waals surface area contributed by atoms with E-state index in [1.807, 2.05) is 6.08 Å². The Bertz CT molecular complexity index is 358. The third-order valence-corrected chi connectivity index (χ3v) is 7.20. The van der Waals surface area contributed by atoms with E-state index in [9.17, 15) is 8.42 Å². The number of sulfone groups is 1. The molecule has 2 aliphatic rings. The summed E-state index contributed by atoms with van der Waals surface area (Å²) in [6.45, 7) is 7.49. The van der Waals surface area contributed by atoms with Crippen molar-refractivity contribution in [1.29, 1.82) is 0 Å². The summed E-state index contributed by atoms with van der Waals surface area (Å²) in [5, 5.41) is 0.156. The largest absolute Gasteiger partial charge is 0.228 e. The maximum atomic E-state index is 11.8. The number of hydrogen-bond acceptors (Lipinski definition) is 3. The van der Waals surface area contributed by atoms with Crippen LogP contribution in [0, 0.1) is 5.92 Å². The summed E-state index contributed by atoms with van der Waals surface area (Å²) in [5.74, 6) is 0.614. The third-order valence-electron chi connectivity index (χ3n) is 3.10. The van der Waals surface area contributed by atoms with Gasteiger partial charge in [0.05, 0.1) is 11.0 Å². The lowest BCUT2D eigenvalue weighted by molar-refractivity contribution is 0.544. The van der Waals surface area contributed by atoms with E-state index in [1.54, 1.807) is 17.8 Å². The molecule has 4 atom stereocenters. The molecule has 0 aromatic carbocycles. The highest BCUT2D eigenvalue weighted by Crippen LogP contribution is 2.48. The van der Waals surface area contributed by atoms with Crippen molar-refractivity contribution in [1.82, 2.24) is 0 Å². The van der Waals surface area contributed by atoms with E-state index < -0.39 is 9.84 Å². The molecule has 2 aliphatic heterocycles. The quantitative estimate of drug-likeness (QED) is 0.676. The lowest BCUT2D eigenvalue weighted by Gasteiger charge is -2.12. The summed E-state index contributed by atoms with van der Waals surface area (Å²) in [6, 6.07) is 0. The highest BCUT2D eigenvalue weighted by molar-refractivity contribution is 8.03. The normalized spacial score (nSPS) is 44.6. The zero-order chi connectivity index (χ0) is 10.3. The summed E-state index contributed by atoms with van der Waals surface area (Å²) in [6.07, 6.45) is 4.45. The summed E-state index contributed by atoms with van der Waals surface area (Å²) in [4.78, 5) is 0. The molecule has 0 aromatic heterocycles. The number of rotatable bonds is 2. The van der Waals surface area contributed by atoms with E-state index in [-0.39, 0.29) is 16.4 Å². The minimum absolute atomic E-state index is 0.0653. The van der Waals surface area contributed by atoms with Gasteiger partial charge in [-0.1, -0.05) is 12.2 Å². The van der Waals surface area contributed by atoms with Gasteiger partial charge in [0.25, 0.3) is 0 Å². The minimum atomic E-state index is -2.87. The van der Waals surface area contributed by atoms with Crippen molar-refractivity contribution in [3.05, 3.63) is 25.3 Å². The monoisotopic (exact) mass is 230 g/mol. The molecule has 0 radical (unpaired) electrons. The van der Waals surface area contributed by atoms with Crippen LogP contribution in [0.4, 0.5) is 0 Å². The first-order chi connectivity index (χ1) is 6.60. The Balaban J connectivity index is 2.37. The van der Waals surface area contributed by atoms with Crippen LogP contribution >= 0.6 is 11.8 Å². The number of hydrogen-bond donors (Lipinski definition) is 0. The van der Waals surface area contributed by atoms with Crippen LogP contribution in [0.1, 0.15) is 6.42 Å². The fourth-order valence-electron chi connectivity index (χ4n) is 2.45. The molecule has 0 N–H and O–H groups in total. The van der Waals surface area contributed by atoms with Crippen molar-refractivity contribution in [2.24, 2.45) is 5.92 Å². The molecule has 2 heterocycles. The first-order valence-electron chi connectivity index (χ1n) is 4.72. The minimum Gasteiger partial charge on any atom is -0.228 e. The van der Waals surface area contributed by atoms with Gasteiger partial charge in [0.2, 0.25) is 0 Å². The van der Waals surface area contributed by atoms with Gasteiger partial charge < -0.3 is 0 Å². The van der Waals surface area contributed by atoms with Gasteiger partial charge in [0, 0.05) is 10.5 Å². The second kappa shape index (κ2) is 3.42. The lowest BCUT2D eigenvalue weighted by Crippen LogP contribution is -2.27. The fourth-order valence-corrected chi connectivity index (χ4v) is 6.93. The molecule has 0 bridgehead atoms. The van der Waals surface area contributed by atoms with Gasteiger partial charge in [-0.05, 0) is 12.3 Å². The summed E-state index contributed by atoms with van der Waals surface area (Å²) in [7, 11) is -2.87. The summed E-state index contributed by atoms with van der Waals surface area (Å²) >= 11 is 1.69. The van der Waals surface area contributed by atoms with E-state index in [2.05, 4.69) is 13.2 Å². The van der Waals surface area contributed by atoms with Gasteiger partial charge in [0.1, 0.15) is 0 Å². The van der Waals surface area contributed by atoms with Crippen LogP contribution in [0.15, 0.2) is 25.3 Å². The highest BCUT2D eigenvalue weighted by atomic mass is 32.2. The zero-order valence-corrected chi connectivity index (χ0v) is 9.56. The average molecular weight is 230 g/mol. The zero-order valence-electron chi connectivity index (χ0n) is 7.93. The Morgan fingerprint density at radius 3 is 2.43 bits per heavy atom. The van der Waals surface area contributed by atoms with Crippen molar-refractivity contribution in [3.8, 4) is 0 Å². The molecule has 4 unspecified atom stereocenters. The molecule has 2 rings (SSSR count). The van der Waals surface area contributed by atoms with Gasteiger partial charge >= 0.3 is 0 Å². The van der Waals surface area contributed by atoms with Crippen LogP contribution in [0.2, 0.25) is 0 Å². The van der Waals surface area contributed by atoms with Gasteiger partial charge in [-0.2, -0.15) is 0 Å². The smallest absolute Gasteiger partial charge is 0.154 e. The van der Waals surface area contributed by atoms with Gasteiger partial charge in [-0.3, -0.25) is 0 Å². The van der Waals surface area contributed by atoms with Crippen molar-refractivity contribution < 1.29 is 8.42 Å². The first-order valence-corrected chi connectivity index (χ1v) is 7.38. The molecular formula is C10H14O2S2. The SMILES string of the molecule is C=CC1SC(C=C)C2C1CCS2(=O)=O. The molecule has 0 aromatic rings. The van der Waals surface area contributed by atoms with Crippen molar-refractivity contribution in [2.75, 3.05) is 5.75 Å². The van der Waals surface area contributed by atoms with Crippen LogP contribution in [-0.2, 0) is 9.84 Å². The van der Waals surface area contributed by atoms with Crippen LogP contribution in [0.5, 0.6) is 0 Å². The van der Waals surface area contributed by atoms with E-state index in [4.69, 9.17) is 0 Å². The molecule has 0 saturated carbocycles. The molecular weight excluding hydrogens is 216 g/mol. The predicted octanol–water partition coefficient (Wildman–Crippen LogP) is 1.65. The second-order valence-corrected chi connectivity index (χ2v) is 7.46. The average Bonchev–Trinajstić information content (AvgIpc) is 2.65. The maximum absolute atomic E-state index is 11.8. The number of fused-ring (bicyclic) bond motifs is 1. The Morgan fingerprint density at radius 2 is 1.86 bits per heavy atom. The predicted molar refractivity (Wildman–Crippen MR) is 61.2 cm³/mol. The Morgan fingerprint density at radius 1 is 1.21 bits per heavy atom. The van der Waals surface area contributed by atoms with Gasteiger partial charge in [0.15, 0.2) is 9.84 Å². The van der Waals surface area contributed by atoms with E-state index in [0.29, 0.717) is 11.0 Å². The van der Waals surface area contributed by atoms with E-state index in [1.165, 1.54) is 0 Å². The van der Waals surface area contributed by atoms with Crippen LogP contribution in [0.3, 0.4) is 0 Å². The third kappa shape index (κ3) is 1.36. The fraction of sp³-hybridized carbons (Fsp3) is 0.600. The van der Waals surface area contributed by atoms with Gasteiger partial charge in [-0.15, -0.1) is 24.9 Å². The molecule has 0 spiro atoms. The van der Waals surface area contributed by atoms with E-state index >= 15 is 0 Å². The van der Waals surface area contributed by atoms with Crippen LogP contribution in [-0.4, -0.2) is 29.9 Å². The molecule has 78 valence electrons. The second-order valence-electron chi connectivity index (χ2n) is 3.82. The number of thioether (sulfide) groups is 1. The van der Waals surface area contributed by atoms with Gasteiger partial charge in [-0.25, -0.2) is 8.42 Å². The summed E-state index contributed by atoms with van der Waals surface area (Å²) < 4.78 is 23.6. The highest BCUT2D eigenvalue weighted by Gasteiger charge is 2.52. The maximum Gasteiger partial charge on any atom is 0.154 e.